The molecule has 2 aliphatic rings. The Balaban J connectivity index is 1.98. The van der Waals surface area contributed by atoms with Gasteiger partial charge in [-0.3, -0.25) is 0 Å². The Morgan fingerprint density at radius 1 is 1.00 bits per heavy atom. The number of nitrogens with one attached hydrogen (secondary N) is 1. The van der Waals surface area contributed by atoms with Crippen LogP contribution in [0, 0.1) is 0 Å². The van der Waals surface area contributed by atoms with Crippen LogP contribution in [0.1, 0.15) is 36.9 Å². The topological polar surface area (TPSA) is 41.1 Å². The average Bonchev–Trinajstić information content (AvgIpc) is 2.88. The van der Waals surface area contributed by atoms with Gasteiger partial charge >= 0.3 is 0 Å². The predicted molar refractivity (Wildman–Crippen MR) is 84.8 cm³/mol. The quantitative estimate of drug-likeness (QED) is 0.669. The molecule has 0 radical (unpaired) electrons. The molecule has 1 N–H and O–H groups in total. The second kappa shape index (κ2) is 6.76. The Hall–Kier alpha value is -0.810. The van der Waals surface area contributed by atoms with Crippen LogP contribution in [0.3, 0.4) is 0 Å². The van der Waals surface area contributed by atoms with E-state index in [0.717, 1.165) is 44.2 Å². The van der Waals surface area contributed by atoms with Gasteiger partial charge in [-0.05, 0) is 32.1 Å². The van der Waals surface area contributed by atoms with Crippen LogP contribution in [0.4, 0.5) is 5.82 Å². The predicted octanol–water partition coefficient (Wildman–Crippen LogP) is 2.27. The Morgan fingerprint density at radius 2 is 1.75 bits per heavy atom. The first-order valence-electron chi connectivity index (χ1n) is 7.78. The molecule has 4 nitrogen and oxygen atoms in total. The monoisotopic (exact) mass is 292 g/mol. The van der Waals surface area contributed by atoms with Crippen LogP contribution >= 0.6 is 11.8 Å². The van der Waals surface area contributed by atoms with Gasteiger partial charge in [0.05, 0.1) is 5.69 Å². The number of thioether (sulfide) groups is 1. The lowest BCUT2D eigenvalue weighted by atomic mass is 10.1. The lowest BCUT2D eigenvalue weighted by Crippen LogP contribution is -2.27. The Morgan fingerprint density at radius 3 is 2.50 bits per heavy atom. The molecule has 0 aliphatic carbocycles. The van der Waals surface area contributed by atoms with Crippen LogP contribution < -0.4 is 10.2 Å². The maximum Gasteiger partial charge on any atom is 0.189 e. The van der Waals surface area contributed by atoms with Gasteiger partial charge in [0.25, 0.3) is 0 Å². The summed E-state index contributed by atoms with van der Waals surface area (Å²) in [5.74, 6) is 1.23. The molecule has 2 aliphatic heterocycles. The number of hydrogen-bond donors (Lipinski definition) is 1. The summed E-state index contributed by atoms with van der Waals surface area (Å²) in [6.07, 6.45) is 9.49. The van der Waals surface area contributed by atoms with E-state index >= 15 is 0 Å². The maximum atomic E-state index is 4.86. The van der Waals surface area contributed by atoms with E-state index in [1.165, 1.54) is 42.8 Å². The average molecular weight is 292 g/mol. The van der Waals surface area contributed by atoms with Crippen LogP contribution in [0.2, 0.25) is 0 Å². The fourth-order valence-corrected chi connectivity index (χ4v) is 3.52. The van der Waals surface area contributed by atoms with Crippen molar-refractivity contribution in [3.8, 4) is 0 Å². The number of fused-ring (bicyclic) bond motifs is 1. The van der Waals surface area contributed by atoms with Crippen LogP contribution in [0.15, 0.2) is 5.16 Å². The highest BCUT2D eigenvalue weighted by Gasteiger charge is 2.21. The van der Waals surface area contributed by atoms with Gasteiger partial charge < -0.3 is 10.2 Å². The molecular formula is C15H24N4S. The van der Waals surface area contributed by atoms with Gasteiger partial charge in [-0.2, -0.15) is 0 Å². The summed E-state index contributed by atoms with van der Waals surface area (Å²) >= 11 is 1.66. The van der Waals surface area contributed by atoms with E-state index in [1.54, 1.807) is 11.8 Å². The molecule has 1 aromatic heterocycles. The third-order valence-electron chi connectivity index (χ3n) is 4.23. The first-order valence-corrected chi connectivity index (χ1v) is 9.00. The number of nitrogens with zero attached hydrogens (tertiary/aromatic N) is 3. The minimum absolute atomic E-state index is 0.935. The Kier molecular flexibility index (Phi) is 4.78. The molecule has 0 unspecified atom stereocenters. The molecule has 0 aromatic carbocycles. The van der Waals surface area contributed by atoms with E-state index in [-0.39, 0.29) is 0 Å². The van der Waals surface area contributed by atoms with Crippen LogP contribution in [0.25, 0.3) is 0 Å². The standard InChI is InChI=1S/C15H24N4S/c1-20-15-17-13-7-9-16-8-6-12(13)14(18-15)19-10-4-2-3-5-11-19/h16H,2-11H2,1H3. The first kappa shape index (κ1) is 14.1. The van der Waals surface area contributed by atoms with Crippen molar-refractivity contribution < 1.29 is 0 Å². The van der Waals surface area contributed by atoms with E-state index < -0.39 is 0 Å². The smallest absolute Gasteiger partial charge is 0.189 e. The van der Waals surface area contributed by atoms with Crippen LogP contribution in [-0.2, 0) is 12.8 Å². The van der Waals surface area contributed by atoms with Gasteiger partial charge in [0.1, 0.15) is 5.82 Å². The fraction of sp³-hybridized carbons (Fsp3) is 0.733. The summed E-state index contributed by atoms with van der Waals surface area (Å²) in [7, 11) is 0. The van der Waals surface area contributed by atoms with Crippen LogP contribution in [-0.4, -0.2) is 42.4 Å². The molecule has 0 spiro atoms. The van der Waals surface area contributed by atoms with Crippen molar-refractivity contribution in [2.75, 3.05) is 37.3 Å². The SMILES string of the molecule is CSc1nc2c(c(N3CCCCCC3)n1)CCNCC2. The molecule has 1 fully saturated rings. The van der Waals surface area contributed by atoms with E-state index in [2.05, 4.69) is 16.5 Å². The molecule has 5 heteroatoms. The highest BCUT2D eigenvalue weighted by Crippen LogP contribution is 2.27. The molecule has 0 atom stereocenters. The number of rotatable bonds is 2. The van der Waals surface area contributed by atoms with Gasteiger partial charge in [0, 0.05) is 31.6 Å². The molecule has 0 saturated carbocycles. The van der Waals surface area contributed by atoms with Gasteiger partial charge in [-0.15, -0.1) is 0 Å². The molecule has 1 saturated heterocycles. The van der Waals surface area contributed by atoms with Gasteiger partial charge in [-0.25, -0.2) is 9.97 Å². The number of aromatic nitrogens is 2. The van der Waals surface area contributed by atoms with Crippen molar-refractivity contribution in [3.05, 3.63) is 11.3 Å². The molecule has 1 aromatic rings. The van der Waals surface area contributed by atoms with Crippen LogP contribution in [0.5, 0.6) is 0 Å². The lowest BCUT2D eigenvalue weighted by Gasteiger charge is -2.25. The summed E-state index contributed by atoms with van der Waals surface area (Å²) in [6, 6.07) is 0. The van der Waals surface area contributed by atoms with Crippen molar-refractivity contribution in [2.24, 2.45) is 0 Å². The Bertz CT molecular complexity index is 455. The number of hydrogen-bond acceptors (Lipinski definition) is 5. The number of anilines is 1. The summed E-state index contributed by atoms with van der Waals surface area (Å²) < 4.78 is 0. The highest BCUT2D eigenvalue weighted by molar-refractivity contribution is 7.98. The minimum Gasteiger partial charge on any atom is -0.356 e. The zero-order chi connectivity index (χ0) is 13.8. The largest absolute Gasteiger partial charge is 0.356 e. The normalized spacial score (nSPS) is 20.1. The third kappa shape index (κ3) is 3.09. The summed E-state index contributed by atoms with van der Waals surface area (Å²) in [6.45, 7) is 4.41. The van der Waals surface area contributed by atoms with Crippen molar-refractivity contribution in [1.82, 2.24) is 15.3 Å². The molecular weight excluding hydrogens is 268 g/mol. The second-order valence-electron chi connectivity index (χ2n) is 5.61. The minimum atomic E-state index is 0.935. The lowest BCUT2D eigenvalue weighted by molar-refractivity contribution is 0.707. The van der Waals surface area contributed by atoms with E-state index in [9.17, 15) is 0 Å². The van der Waals surface area contributed by atoms with E-state index in [0.29, 0.717) is 0 Å². The summed E-state index contributed by atoms with van der Waals surface area (Å²) in [4.78, 5) is 12.1. The molecule has 3 rings (SSSR count). The van der Waals surface area contributed by atoms with Gasteiger partial charge in [-0.1, -0.05) is 24.6 Å². The Labute approximate surface area is 125 Å². The van der Waals surface area contributed by atoms with E-state index in [1.807, 2.05) is 0 Å². The van der Waals surface area contributed by atoms with Crippen molar-refractivity contribution in [2.45, 2.75) is 43.7 Å². The van der Waals surface area contributed by atoms with Crippen molar-refractivity contribution in [1.29, 1.82) is 0 Å². The van der Waals surface area contributed by atoms with Gasteiger partial charge in [0.15, 0.2) is 5.16 Å². The third-order valence-corrected chi connectivity index (χ3v) is 4.78. The fourth-order valence-electron chi connectivity index (χ4n) is 3.14. The molecule has 20 heavy (non-hydrogen) atoms. The second-order valence-corrected chi connectivity index (χ2v) is 6.38. The first-order chi connectivity index (χ1) is 9.88. The molecule has 0 bridgehead atoms. The zero-order valence-corrected chi connectivity index (χ0v) is 13.1. The maximum absolute atomic E-state index is 4.86. The van der Waals surface area contributed by atoms with Gasteiger partial charge in [0.2, 0.25) is 0 Å². The zero-order valence-electron chi connectivity index (χ0n) is 12.3. The summed E-state index contributed by atoms with van der Waals surface area (Å²) in [5.41, 5.74) is 2.67. The summed E-state index contributed by atoms with van der Waals surface area (Å²) in [5, 5.41) is 4.42. The molecule has 110 valence electrons. The molecule has 0 amide bonds. The highest BCUT2D eigenvalue weighted by atomic mass is 32.2. The van der Waals surface area contributed by atoms with E-state index in [4.69, 9.17) is 9.97 Å². The molecule has 3 heterocycles. The van der Waals surface area contributed by atoms with Crippen molar-refractivity contribution >= 4 is 17.6 Å². The van der Waals surface area contributed by atoms with Crippen molar-refractivity contribution in [3.63, 3.8) is 0 Å².